The lowest BCUT2D eigenvalue weighted by Crippen LogP contribution is -2.12. The highest BCUT2D eigenvalue weighted by Gasteiger charge is 2.02. The highest BCUT2D eigenvalue weighted by Crippen LogP contribution is 2.10. The summed E-state index contributed by atoms with van der Waals surface area (Å²) in [5, 5.41) is 6.62. The van der Waals surface area contributed by atoms with Crippen molar-refractivity contribution in [1.82, 2.24) is 9.97 Å². The third-order valence-corrected chi connectivity index (χ3v) is 2.61. The Kier molecular flexibility index (Phi) is 6.47. The highest BCUT2D eigenvalue weighted by atomic mass is 15.1. The van der Waals surface area contributed by atoms with Crippen molar-refractivity contribution < 1.29 is 0 Å². The first-order chi connectivity index (χ1) is 8.61. The summed E-state index contributed by atoms with van der Waals surface area (Å²) >= 11 is 0. The van der Waals surface area contributed by atoms with E-state index in [0.29, 0.717) is 5.92 Å². The van der Waals surface area contributed by atoms with Crippen LogP contribution in [-0.4, -0.2) is 23.1 Å². The number of nitrogens with one attached hydrogen (secondary N) is 2. The molecule has 0 unspecified atom stereocenters. The Balaban J connectivity index is 2.51. The van der Waals surface area contributed by atoms with Crippen LogP contribution >= 0.6 is 0 Å². The van der Waals surface area contributed by atoms with Crippen LogP contribution < -0.4 is 10.6 Å². The molecule has 4 nitrogen and oxygen atoms in total. The van der Waals surface area contributed by atoms with Gasteiger partial charge in [-0.1, -0.05) is 33.6 Å². The lowest BCUT2D eigenvalue weighted by Gasteiger charge is -2.11. The van der Waals surface area contributed by atoms with E-state index in [1.54, 1.807) is 0 Å². The Morgan fingerprint density at radius 1 is 1.17 bits per heavy atom. The van der Waals surface area contributed by atoms with E-state index < -0.39 is 0 Å². The molecular weight excluding hydrogens is 224 g/mol. The molecule has 102 valence electrons. The van der Waals surface area contributed by atoms with Gasteiger partial charge in [0.25, 0.3) is 0 Å². The molecule has 0 fully saturated rings. The van der Waals surface area contributed by atoms with E-state index in [1.807, 2.05) is 13.0 Å². The second-order valence-corrected chi connectivity index (χ2v) is 5.13. The smallest absolute Gasteiger partial charge is 0.224 e. The molecule has 0 amide bonds. The first-order valence-corrected chi connectivity index (χ1v) is 6.95. The summed E-state index contributed by atoms with van der Waals surface area (Å²) < 4.78 is 0. The molecule has 0 aliphatic heterocycles. The molecule has 1 aromatic heterocycles. The molecule has 0 spiro atoms. The van der Waals surface area contributed by atoms with Crippen molar-refractivity contribution in [2.75, 3.05) is 23.7 Å². The Bertz CT molecular complexity index is 350. The van der Waals surface area contributed by atoms with Crippen LogP contribution in [0.3, 0.4) is 0 Å². The van der Waals surface area contributed by atoms with Gasteiger partial charge in [-0.15, -0.1) is 0 Å². The minimum atomic E-state index is 0.612. The molecule has 0 aliphatic carbocycles. The van der Waals surface area contributed by atoms with Crippen LogP contribution in [0.2, 0.25) is 0 Å². The fourth-order valence-electron chi connectivity index (χ4n) is 1.62. The van der Waals surface area contributed by atoms with Gasteiger partial charge in [-0.2, -0.15) is 4.98 Å². The molecule has 0 saturated carbocycles. The normalized spacial score (nSPS) is 10.7. The lowest BCUT2D eigenvalue weighted by molar-refractivity contribution is 0.686. The van der Waals surface area contributed by atoms with Crippen LogP contribution in [0.4, 0.5) is 11.8 Å². The number of anilines is 2. The average molecular weight is 250 g/mol. The minimum Gasteiger partial charge on any atom is -0.370 e. The standard InChI is InChI=1S/C14H26N4/c1-5-6-7-8-15-14-17-12(4)9-13(18-14)16-10-11(2)3/h9,11H,5-8,10H2,1-4H3,(H2,15,16,17,18). The van der Waals surface area contributed by atoms with Gasteiger partial charge in [0.1, 0.15) is 5.82 Å². The van der Waals surface area contributed by atoms with Gasteiger partial charge in [0.05, 0.1) is 0 Å². The summed E-state index contributed by atoms with van der Waals surface area (Å²) in [6.45, 7) is 10.5. The Labute approximate surface area is 111 Å². The number of rotatable bonds is 8. The zero-order valence-electron chi connectivity index (χ0n) is 12.1. The fourth-order valence-corrected chi connectivity index (χ4v) is 1.62. The van der Waals surface area contributed by atoms with Crippen LogP contribution in [0.5, 0.6) is 0 Å². The number of hydrogen-bond donors (Lipinski definition) is 2. The van der Waals surface area contributed by atoms with Crippen molar-refractivity contribution in [3.05, 3.63) is 11.8 Å². The predicted octanol–water partition coefficient (Wildman–Crippen LogP) is 3.46. The maximum atomic E-state index is 4.47. The number of nitrogens with zero attached hydrogens (tertiary/aromatic N) is 2. The maximum absolute atomic E-state index is 4.47. The second-order valence-electron chi connectivity index (χ2n) is 5.13. The van der Waals surface area contributed by atoms with E-state index in [1.165, 1.54) is 19.3 Å². The number of aryl methyl sites for hydroxylation is 1. The molecule has 1 rings (SSSR count). The van der Waals surface area contributed by atoms with Gasteiger partial charge < -0.3 is 10.6 Å². The van der Waals surface area contributed by atoms with Crippen molar-refractivity contribution in [3.8, 4) is 0 Å². The van der Waals surface area contributed by atoms with Crippen molar-refractivity contribution in [3.63, 3.8) is 0 Å². The summed E-state index contributed by atoms with van der Waals surface area (Å²) in [4.78, 5) is 8.87. The minimum absolute atomic E-state index is 0.612. The molecule has 0 aliphatic rings. The van der Waals surface area contributed by atoms with Gasteiger partial charge in [-0.3, -0.25) is 0 Å². The van der Waals surface area contributed by atoms with Gasteiger partial charge in [0.15, 0.2) is 0 Å². The largest absolute Gasteiger partial charge is 0.370 e. The van der Waals surface area contributed by atoms with Crippen LogP contribution in [0.25, 0.3) is 0 Å². The maximum Gasteiger partial charge on any atom is 0.224 e. The number of hydrogen-bond acceptors (Lipinski definition) is 4. The van der Waals surface area contributed by atoms with Gasteiger partial charge in [0.2, 0.25) is 5.95 Å². The topological polar surface area (TPSA) is 49.8 Å². The van der Waals surface area contributed by atoms with E-state index in [-0.39, 0.29) is 0 Å². The zero-order valence-corrected chi connectivity index (χ0v) is 12.1. The zero-order chi connectivity index (χ0) is 13.4. The number of unbranched alkanes of at least 4 members (excludes halogenated alkanes) is 2. The van der Waals surface area contributed by atoms with Crippen LogP contribution in [0, 0.1) is 12.8 Å². The van der Waals surface area contributed by atoms with Crippen molar-refractivity contribution in [2.24, 2.45) is 5.92 Å². The van der Waals surface area contributed by atoms with E-state index >= 15 is 0 Å². The van der Waals surface area contributed by atoms with Crippen LogP contribution in [0.1, 0.15) is 45.7 Å². The molecule has 0 aromatic carbocycles. The molecule has 0 atom stereocenters. The first-order valence-electron chi connectivity index (χ1n) is 6.95. The quantitative estimate of drug-likeness (QED) is 0.694. The van der Waals surface area contributed by atoms with Crippen molar-refractivity contribution in [1.29, 1.82) is 0 Å². The third kappa shape index (κ3) is 5.84. The summed E-state index contributed by atoms with van der Waals surface area (Å²) in [7, 11) is 0. The molecule has 1 aromatic rings. The van der Waals surface area contributed by atoms with E-state index in [0.717, 1.165) is 30.5 Å². The average Bonchev–Trinajstić information content (AvgIpc) is 2.32. The van der Waals surface area contributed by atoms with Crippen molar-refractivity contribution >= 4 is 11.8 Å². The third-order valence-electron chi connectivity index (χ3n) is 2.61. The molecular formula is C14H26N4. The van der Waals surface area contributed by atoms with E-state index in [9.17, 15) is 0 Å². The monoisotopic (exact) mass is 250 g/mol. The lowest BCUT2D eigenvalue weighted by atomic mass is 10.2. The summed E-state index contributed by atoms with van der Waals surface area (Å²) in [6, 6.07) is 1.99. The Morgan fingerprint density at radius 2 is 1.94 bits per heavy atom. The molecule has 0 bridgehead atoms. The second kappa shape index (κ2) is 7.90. The Morgan fingerprint density at radius 3 is 2.61 bits per heavy atom. The molecule has 0 saturated heterocycles. The molecule has 18 heavy (non-hydrogen) atoms. The summed E-state index contributed by atoms with van der Waals surface area (Å²) in [5.41, 5.74) is 0.995. The summed E-state index contributed by atoms with van der Waals surface area (Å²) in [5.74, 6) is 2.26. The van der Waals surface area contributed by atoms with E-state index in [2.05, 4.69) is 41.4 Å². The van der Waals surface area contributed by atoms with Gasteiger partial charge in [-0.05, 0) is 19.3 Å². The Hall–Kier alpha value is -1.32. The predicted molar refractivity (Wildman–Crippen MR) is 78.1 cm³/mol. The molecule has 4 heteroatoms. The molecule has 1 heterocycles. The highest BCUT2D eigenvalue weighted by molar-refractivity contribution is 5.42. The van der Waals surface area contributed by atoms with Crippen molar-refractivity contribution in [2.45, 2.75) is 47.0 Å². The SMILES string of the molecule is CCCCCNc1nc(C)cc(NCC(C)C)n1. The molecule has 0 radical (unpaired) electrons. The first kappa shape index (κ1) is 14.7. The molecule has 2 N–H and O–H groups in total. The van der Waals surface area contributed by atoms with Crippen LogP contribution in [-0.2, 0) is 0 Å². The van der Waals surface area contributed by atoms with Gasteiger partial charge in [-0.25, -0.2) is 4.98 Å². The van der Waals surface area contributed by atoms with Crippen LogP contribution in [0.15, 0.2) is 6.07 Å². The van der Waals surface area contributed by atoms with Gasteiger partial charge >= 0.3 is 0 Å². The summed E-state index contributed by atoms with van der Waals surface area (Å²) in [6.07, 6.45) is 3.65. The number of aromatic nitrogens is 2. The fraction of sp³-hybridized carbons (Fsp3) is 0.714. The van der Waals surface area contributed by atoms with Gasteiger partial charge in [0, 0.05) is 24.8 Å². The van der Waals surface area contributed by atoms with E-state index in [4.69, 9.17) is 0 Å².